The maximum absolute atomic E-state index is 2.67. The van der Waals surface area contributed by atoms with Gasteiger partial charge in [0.25, 0.3) is 0 Å². The van der Waals surface area contributed by atoms with E-state index >= 15 is 0 Å². The van der Waals surface area contributed by atoms with Crippen LogP contribution >= 0.6 is 0 Å². The number of piperidine rings is 1. The van der Waals surface area contributed by atoms with Gasteiger partial charge in [0.15, 0.2) is 0 Å². The van der Waals surface area contributed by atoms with Gasteiger partial charge in [-0.15, -0.1) is 0 Å². The smallest absolute Gasteiger partial charge is 0.0346 e. The fraction of sp³-hybridized carbons (Fsp3) is 0.750. The minimum Gasteiger partial charge on any atom is -0.369 e. The fourth-order valence-electron chi connectivity index (χ4n) is 3.56. The number of hydrogen-bond acceptors (Lipinski definition) is 1. The van der Waals surface area contributed by atoms with E-state index < -0.39 is 0 Å². The van der Waals surface area contributed by atoms with Crippen molar-refractivity contribution in [3.8, 4) is 0 Å². The topological polar surface area (TPSA) is 3.24 Å². The van der Waals surface area contributed by atoms with Crippen LogP contribution in [0.25, 0.3) is 0 Å². The van der Waals surface area contributed by atoms with Crippen LogP contribution in [0.5, 0.6) is 0 Å². The lowest BCUT2D eigenvalue weighted by molar-refractivity contribution is 0.0502. The van der Waals surface area contributed by atoms with Crippen LogP contribution in [0.2, 0.25) is 0 Å². The van der Waals surface area contributed by atoms with Crippen molar-refractivity contribution in [1.82, 2.24) is 4.90 Å². The largest absolute Gasteiger partial charge is 0.369 e. The molecular weight excluding hydrogens is 206 g/mol. The van der Waals surface area contributed by atoms with E-state index in [0.717, 1.165) is 17.8 Å². The minimum atomic E-state index is 0.317. The van der Waals surface area contributed by atoms with E-state index in [2.05, 4.69) is 57.7 Å². The Kier molecular flexibility index (Phi) is 3.38. The molecule has 1 heteroatoms. The molecule has 2 aliphatic rings. The number of fused-ring (bicyclic) bond motifs is 1. The van der Waals surface area contributed by atoms with Gasteiger partial charge in [0, 0.05) is 23.7 Å². The van der Waals surface area contributed by atoms with Crippen LogP contribution in [-0.2, 0) is 0 Å². The van der Waals surface area contributed by atoms with Gasteiger partial charge in [-0.25, -0.2) is 0 Å². The predicted octanol–water partition coefficient (Wildman–Crippen LogP) is 4.22. The average Bonchev–Trinajstić information content (AvgIpc) is 2.23. The molecule has 0 aromatic rings. The Morgan fingerprint density at radius 1 is 1.41 bits per heavy atom. The Morgan fingerprint density at radius 2 is 2.12 bits per heavy atom. The van der Waals surface area contributed by atoms with Gasteiger partial charge < -0.3 is 4.90 Å². The maximum atomic E-state index is 2.67. The summed E-state index contributed by atoms with van der Waals surface area (Å²) in [5, 5.41) is 0. The fourth-order valence-corrected chi connectivity index (χ4v) is 3.56. The Labute approximate surface area is 107 Å². The number of rotatable bonds is 2. The van der Waals surface area contributed by atoms with Gasteiger partial charge in [0.2, 0.25) is 0 Å². The first kappa shape index (κ1) is 12.7. The molecule has 1 aliphatic heterocycles. The van der Waals surface area contributed by atoms with Crippen LogP contribution in [0, 0.1) is 17.8 Å². The summed E-state index contributed by atoms with van der Waals surface area (Å²) < 4.78 is 0. The molecule has 1 saturated heterocycles. The molecule has 1 aliphatic carbocycles. The van der Waals surface area contributed by atoms with Crippen LogP contribution in [0.15, 0.2) is 23.9 Å². The molecule has 0 aromatic carbocycles. The van der Waals surface area contributed by atoms with Crippen molar-refractivity contribution in [1.29, 1.82) is 0 Å². The number of likely N-dealkylation sites (tertiary alicyclic amines) is 1. The molecule has 1 nitrogen and oxygen atoms in total. The highest BCUT2D eigenvalue weighted by Crippen LogP contribution is 2.44. The summed E-state index contributed by atoms with van der Waals surface area (Å²) in [5.74, 6) is 2.30. The quantitative estimate of drug-likeness (QED) is 0.690. The van der Waals surface area contributed by atoms with Gasteiger partial charge in [-0.05, 0) is 44.6 Å². The average molecular weight is 233 g/mol. The third-order valence-corrected chi connectivity index (χ3v) is 4.27. The minimum absolute atomic E-state index is 0.317. The molecule has 0 spiro atoms. The molecular formula is C16H27N. The lowest BCUT2D eigenvalue weighted by Gasteiger charge is -2.53. The normalized spacial score (nSPS) is 31.4. The third kappa shape index (κ3) is 2.43. The van der Waals surface area contributed by atoms with Gasteiger partial charge in [-0.2, -0.15) is 0 Å². The summed E-state index contributed by atoms with van der Waals surface area (Å²) in [7, 11) is 0. The molecule has 2 atom stereocenters. The number of nitrogens with zero attached hydrogens (tertiary/aromatic N) is 1. The maximum Gasteiger partial charge on any atom is 0.0346 e. The lowest BCUT2D eigenvalue weighted by Crippen LogP contribution is -2.52. The standard InChI is InChI=1S/C16H27N/c1-12(2)11-17-15-9-7-6-8-14(15)13(3)10-16(17,4)5/h6-7,9,12-14H,8,10-11H2,1-5H3. The first-order valence-corrected chi connectivity index (χ1v) is 7.06. The second-order valence-corrected chi connectivity index (χ2v) is 6.86. The van der Waals surface area contributed by atoms with E-state index in [1.54, 1.807) is 5.70 Å². The summed E-state index contributed by atoms with van der Waals surface area (Å²) in [6, 6.07) is 0. The second-order valence-electron chi connectivity index (χ2n) is 6.86. The Hall–Kier alpha value is -0.720. The van der Waals surface area contributed by atoms with Crippen molar-refractivity contribution in [3.63, 3.8) is 0 Å². The van der Waals surface area contributed by atoms with Crippen LogP contribution in [0.3, 0.4) is 0 Å². The first-order valence-electron chi connectivity index (χ1n) is 7.06. The zero-order valence-electron chi connectivity index (χ0n) is 12.0. The van der Waals surface area contributed by atoms with Crippen molar-refractivity contribution in [3.05, 3.63) is 23.9 Å². The summed E-state index contributed by atoms with van der Waals surface area (Å²) in [4.78, 5) is 2.67. The summed E-state index contributed by atoms with van der Waals surface area (Å²) in [5.41, 5.74) is 1.90. The Morgan fingerprint density at radius 3 is 2.76 bits per heavy atom. The van der Waals surface area contributed by atoms with Crippen molar-refractivity contribution >= 4 is 0 Å². The van der Waals surface area contributed by atoms with E-state index in [9.17, 15) is 0 Å². The van der Waals surface area contributed by atoms with Crippen molar-refractivity contribution < 1.29 is 0 Å². The van der Waals surface area contributed by atoms with Crippen LogP contribution in [0.1, 0.15) is 47.5 Å². The van der Waals surface area contributed by atoms with E-state index in [1.807, 2.05) is 0 Å². The van der Waals surface area contributed by atoms with Gasteiger partial charge in [-0.1, -0.05) is 32.9 Å². The monoisotopic (exact) mass is 233 g/mol. The Balaban J connectivity index is 2.30. The molecule has 0 radical (unpaired) electrons. The van der Waals surface area contributed by atoms with Gasteiger partial charge in [0.05, 0.1) is 0 Å². The zero-order chi connectivity index (χ0) is 12.6. The summed E-state index contributed by atoms with van der Waals surface area (Å²) in [6.07, 6.45) is 9.48. The number of allylic oxidation sites excluding steroid dienone is 4. The molecule has 0 bridgehead atoms. The molecule has 0 N–H and O–H groups in total. The summed E-state index contributed by atoms with van der Waals surface area (Å²) in [6.45, 7) is 13.1. The SMILES string of the molecule is CC(C)CN1C2=CC=CCC2C(C)CC1(C)C. The Bertz CT molecular complexity index is 335. The van der Waals surface area contributed by atoms with Gasteiger partial charge >= 0.3 is 0 Å². The van der Waals surface area contributed by atoms with Crippen LogP contribution in [-0.4, -0.2) is 17.0 Å². The van der Waals surface area contributed by atoms with E-state index in [-0.39, 0.29) is 0 Å². The highest BCUT2D eigenvalue weighted by Gasteiger charge is 2.41. The molecule has 0 aromatic heterocycles. The summed E-state index contributed by atoms with van der Waals surface area (Å²) >= 11 is 0. The zero-order valence-corrected chi connectivity index (χ0v) is 12.0. The van der Waals surface area contributed by atoms with E-state index in [1.165, 1.54) is 19.4 Å². The van der Waals surface area contributed by atoms with Crippen molar-refractivity contribution in [2.75, 3.05) is 6.54 Å². The van der Waals surface area contributed by atoms with Gasteiger partial charge in [-0.3, -0.25) is 0 Å². The molecule has 17 heavy (non-hydrogen) atoms. The molecule has 2 rings (SSSR count). The highest BCUT2D eigenvalue weighted by atomic mass is 15.2. The number of hydrogen-bond donors (Lipinski definition) is 0. The van der Waals surface area contributed by atoms with Crippen molar-refractivity contribution in [2.45, 2.75) is 53.0 Å². The van der Waals surface area contributed by atoms with Crippen molar-refractivity contribution in [2.24, 2.45) is 17.8 Å². The van der Waals surface area contributed by atoms with E-state index in [0.29, 0.717) is 5.54 Å². The van der Waals surface area contributed by atoms with E-state index in [4.69, 9.17) is 0 Å². The molecule has 1 fully saturated rings. The molecule has 1 heterocycles. The molecule has 2 unspecified atom stereocenters. The molecule has 0 amide bonds. The van der Waals surface area contributed by atoms with Crippen LogP contribution in [0.4, 0.5) is 0 Å². The van der Waals surface area contributed by atoms with Crippen LogP contribution < -0.4 is 0 Å². The lowest BCUT2D eigenvalue weighted by atomic mass is 9.72. The molecule has 96 valence electrons. The predicted molar refractivity (Wildman–Crippen MR) is 74.7 cm³/mol. The highest BCUT2D eigenvalue weighted by molar-refractivity contribution is 5.25. The van der Waals surface area contributed by atoms with Gasteiger partial charge in [0.1, 0.15) is 0 Å². The third-order valence-electron chi connectivity index (χ3n) is 4.27. The second kappa shape index (κ2) is 4.51. The molecule has 0 saturated carbocycles. The first-order chi connectivity index (χ1) is 7.92.